The van der Waals surface area contributed by atoms with Crippen molar-refractivity contribution in [2.75, 3.05) is 13.1 Å². The van der Waals surface area contributed by atoms with Crippen molar-refractivity contribution in [3.8, 4) is 0 Å². The predicted molar refractivity (Wildman–Crippen MR) is 91.9 cm³/mol. The summed E-state index contributed by atoms with van der Waals surface area (Å²) in [5.74, 6) is -3.23. The number of benzene rings is 1. The van der Waals surface area contributed by atoms with Gasteiger partial charge >= 0.3 is 5.97 Å². The quantitative estimate of drug-likeness (QED) is 0.857. The largest absolute Gasteiger partial charge is 0.481 e. The maximum absolute atomic E-state index is 13.8. The van der Waals surface area contributed by atoms with Gasteiger partial charge in [0.25, 0.3) is 5.91 Å². The second-order valence-corrected chi connectivity index (χ2v) is 7.67. The van der Waals surface area contributed by atoms with Crippen LogP contribution in [0.25, 0.3) is 0 Å². The molecule has 0 spiro atoms. The lowest BCUT2D eigenvalue weighted by Crippen LogP contribution is -2.47. The summed E-state index contributed by atoms with van der Waals surface area (Å²) in [5.41, 5.74) is -0.476. The number of halogens is 1. The van der Waals surface area contributed by atoms with E-state index >= 15 is 0 Å². The Morgan fingerprint density at radius 1 is 1.15 bits per heavy atom. The van der Waals surface area contributed by atoms with Crippen LogP contribution in [-0.2, 0) is 9.59 Å². The molecular formula is C19H23FN2O4. The molecule has 2 fully saturated rings. The Hall–Kier alpha value is -2.44. The first-order valence-corrected chi connectivity index (χ1v) is 8.80. The number of likely N-dealkylation sites (tertiary alicyclic amines) is 1. The number of amides is 2. The lowest BCUT2D eigenvalue weighted by Gasteiger charge is -2.32. The molecule has 3 rings (SSSR count). The van der Waals surface area contributed by atoms with Crippen molar-refractivity contribution in [1.29, 1.82) is 0 Å². The number of aliphatic carboxylic acids is 1. The van der Waals surface area contributed by atoms with E-state index in [4.69, 9.17) is 0 Å². The molecule has 2 N–H and O–H groups in total. The van der Waals surface area contributed by atoms with E-state index in [0.29, 0.717) is 25.9 Å². The molecular weight excluding hydrogens is 339 g/mol. The molecule has 6 nitrogen and oxygen atoms in total. The minimum atomic E-state index is -0.944. The molecule has 1 saturated heterocycles. The van der Waals surface area contributed by atoms with E-state index in [0.717, 1.165) is 0 Å². The first-order chi connectivity index (χ1) is 12.2. The summed E-state index contributed by atoms with van der Waals surface area (Å²) < 4.78 is 13.8. The molecule has 2 amide bonds. The third kappa shape index (κ3) is 3.30. The average Bonchev–Trinajstić information content (AvgIpc) is 3.18. The third-order valence-corrected chi connectivity index (χ3v) is 5.61. The van der Waals surface area contributed by atoms with Crippen molar-refractivity contribution < 1.29 is 23.9 Å². The number of carboxylic acids is 1. The lowest BCUT2D eigenvalue weighted by molar-refractivity contribution is -0.140. The van der Waals surface area contributed by atoms with Gasteiger partial charge < -0.3 is 15.3 Å². The van der Waals surface area contributed by atoms with Crippen LogP contribution in [0.1, 0.15) is 37.0 Å². The summed E-state index contributed by atoms with van der Waals surface area (Å²) in [7, 11) is 0. The average molecular weight is 362 g/mol. The van der Waals surface area contributed by atoms with E-state index < -0.39 is 29.0 Å². The highest BCUT2D eigenvalue weighted by Gasteiger charge is 2.66. The summed E-state index contributed by atoms with van der Waals surface area (Å²) in [6, 6.07) is 5.79. The number of piperidine rings is 1. The number of rotatable bonds is 4. The fraction of sp³-hybridized carbons (Fsp3) is 0.526. The highest BCUT2D eigenvalue weighted by molar-refractivity contribution is 5.94. The van der Waals surface area contributed by atoms with Gasteiger partial charge in [0.15, 0.2) is 0 Å². The van der Waals surface area contributed by atoms with Gasteiger partial charge in [-0.15, -0.1) is 0 Å². The minimum absolute atomic E-state index is 0.0546. The van der Waals surface area contributed by atoms with Gasteiger partial charge in [-0.3, -0.25) is 14.4 Å². The van der Waals surface area contributed by atoms with Crippen LogP contribution in [0, 0.1) is 23.1 Å². The fourth-order valence-corrected chi connectivity index (χ4v) is 3.91. The van der Waals surface area contributed by atoms with E-state index in [1.165, 1.54) is 18.2 Å². The molecule has 1 aromatic carbocycles. The Morgan fingerprint density at radius 3 is 2.31 bits per heavy atom. The molecule has 2 aliphatic rings. The highest BCUT2D eigenvalue weighted by atomic mass is 19.1. The van der Waals surface area contributed by atoms with Gasteiger partial charge in [-0.2, -0.15) is 0 Å². The van der Waals surface area contributed by atoms with Gasteiger partial charge in [-0.25, -0.2) is 4.39 Å². The van der Waals surface area contributed by atoms with Crippen LogP contribution in [0.15, 0.2) is 24.3 Å². The number of carbonyl (C=O) groups is 3. The van der Waals surface area contributed by atoms with Crippen LogP contribution in [0.2, 0.25) is 0 Å². The zero-order valence-electron chi connectivity index (χ0n) is 14.9. The maximum atomic E-state index is 13.8. The summed E-state index contributed by atoms with van der Waals surface area (Å²) in [5, 5.41) is 12.1. The van der Waals surface area contributed by atoms with E-state index in [-0.39, 0.29) is 23.4 Å². The van der Waals surface area contributed by atoms with Crippen molar-refractivity contribution >= 4 is 17.8 Å². The van der Waals surface area contributed by atoms with Crippen LogP contribution in [0.5, 0.6) is 0 Å². The molecule has 1 aromatic rings. The molecule has 1 aliphatic heterocycles. The van der Waals surface area contributed by atoms with Crippen LogP contribution in [-0.4, -0.2) is 46.9 Å². The van der Waals surface area contributed by atoms with Gasteiger partial charge in [-0.1, -0.05) is 26.0 Å². The van der Waals surface area contributed by atoms with E-state index in [2.05, 4.69) is 5.32 Å². The normalized spacial score (nSPS) is 24.8. The smallest absolute Gasteiger partial charge is 0.307 e. The first kappa shape index (κ1) is 18.4. The third-order valence-electron chi connectivity index (χ3n) is 5.61. The molecule has 0 unspecified atom stereocenters. The molecule has 1 aliphatic carbocycles. The minimum Gasteiger partial charge on any atom is -0.481 e. The van der Waals surface area contributed by atoms with Crippen LogP contribution in [0.4, 0.5) is 4.39 Å². The zero-order valence-corrected chi connectivity index (χ0v) is 14.9. The molecule has 1 heterocycles. The van der Waals surface area contributed by atoms with E-state index in [1.807, 2.05) is 0 Å². The number of nitrogens with one attached hydrogen (secondary N) is 1. The second kappa shape index (κ2) is 6.70. The van der Waals surface area contributed by atoms with Crippen LogP contribution < -0.4 is 5.32 Å². The number of carbonyl (C=O) groups excluding carboxylic acids is 2. The number of hydrogen-bond acceptors (Lipinski definition) is 3. The number of carboxylic acid groups (broad SMARTS) is 1. The van der Waals surface area contributed by atoms with E-state index in [1.54, 1.807) is 24.8 Å². The summed E-state index contributed by atoms with van der Waals surface area (Å²) in [4.78, 5) is 37.6. The second-order valence-electron chi connectivity index (χ2n) is 7.67. The number of hydrogen-bond donors (Lipinski definition) is 2. The molecule has 0 aromatic heterocycles. The van der Waals surface area contributed by atoms with Crippen molar-refractivity contribution in [2.24, 2.45) is 17.3 Å². The first-order valence-electron chi connectivity index (χ1n) is 8.80. The van der Waals surface area contributed by atoms with Crippen LogP contribution >= 0.6 is 0 Å². The van der Waals surface area contributed by atoms with Crippen LogP contribution in [0.3, 0.4) is 0 Å². The Labute approximate surface area is 151 Å². The molecule has 140 valence electrons. The Balaban J connectivity index is 1.53. The Bertz CT molecular complexity index is 741. The van der Waals surface area contributed by atoms with Gasteiger partial charge in [0, 0.05) is 19.1 Å². The molecule has 0 radical (unpaired) electrons. The standard InChI is InChI=1S/C19H23FN2O4/c1-19(2)14(15(19)18(25)26)16(23)21-11-7-9-22(10-8-11)17(24)12-5-3-4-6-13(12)20/h3-6,11,14-15H,7-10H2,1-2H3,(H,21,23)(H,25,26)/t14-,15+/m1/s1. The summed E-state index contributed by atoms with van der Waals surface area (Å²) in [6.07, 6.45) is 1.13. The Morgan fingerprint density at radius 2 is 1.77 bits per heavy atom. The fourth-order valence-electron chi connectivity index (χ4n) is 3.91. The van der Waals surface area contributed by atoms with Gasteiger partial charge in [0.1, 0.15) is 5.82 Å². The highest BCUT2D eigenvalue weighted by Crippen LogP contribution is 2.58. The monoisotopic (exact) mass is 362 g/mol. The molecule has 26 heavy (non-hydrogen) atoms. The van der Waals surface area contributed by atoms with Crippen molar-refractivity contribution in [3.63, 3.8) is 0 Å². The van der Waals surface area contributed by atoms with E-state index in [9.17, 15) is 23.9 Å². The van der Waals surface area contributed by atoms with Crippen molar-refractivity contribution in [3.05, 3.63) is 35.6 Å². The SMILES string of the molecule is CC1(C)[C@H](C(=O)O)[C@@H]1C(=O)NC1CCN(C(=O)c2ccccc2F)CC1. The zero-order chi connectivity index (χ0) is 19.1. The molecule has 2 atom stereocenters. The molecule has 7 heteroatoms. The maximum Gasteiger partial charge on any atom is 0.307 e. The molecule has 0 bridgehead atoms. The number of nitrogens with zero attached hydrogens (tertiary/aromatic N) is 1. The van der Waals surface area contributed by atoms with Gasteiger partial charge in [-0.05, 0) is 30.4 Å². The van der Waals surface area contributed by atoms with Gasteiger partial charge in [0.05, 0.1) is 17.4 Å². The van der Waals surface area contributed by atoms with Crippen molar-refractivity contribution in [1.82, 2.24) is 10.2 Å². The van der Waals surface area contributed by atoms with Gasteiger partial charge in [0.2, 0.25) is 5.91 Å². The summed E-state index contributed by atoms with van der Waals surface area (Å²) in [6.45, 7) is 4.42. The molecule has 1 saturated carbocycles. The predicted octanol–water partition coefficient (Wildman–Crippen LogP) is 1.90. The Kier molecular flexibility index (Phi) is 4.73. The van der Waals surface area contributed by atoms with Crippen molar-refractivity contribution in [2.45, 2.75) is 32.7 Å². The lowest BCUT2D eigenvalue weighted by atomic mass is 10.0. The summed E-state index contributed by atoms with van der Waals surface area (Å²) >= 11 is 0. The topological polar surface area (TPSA) is 86.7 Å².